The fourth-order valence-corrected chi connectivity index (χ4v) is 1.58. The van der Waals surface area contributed by atoms with Gasteiger partial charge in [-0.15, -0.1) is 10.2 Å². The third kappa shape index (κ3) is 2.53. The van der Waals surface area contributed by atoms with Crippen molar-refractivity contribution in [2.45, 2.75) is 13.3 Å². The minimum absolute atomic E-state index is 0.00350. The van der Waals surface area contributed by atoms with Crippen LogP contribution in [-0.2, 0) is 0 Å². The maximum absolute atomic E-state index is 11.4. The standard InChI is InChI=1S/C14H14N2O2/c1-3-14(17)13-9-8-12(15-16-13)10-4-6-11(18-2)7-5-10/h4-9H,3H2,1-2H3. The zero-order valence-corrected chi connectivity index (χ0v) is 10.4. The van der Waals surface area contributed by atoms with Crippen molar-refractivity contribution in [1.29, 1.82) is 0 Å². The van der Waals surface area contributed by atoms with Gasteiger partial charge in [-0.3, -0.25) is 4.79 Å². The summed E-state index contributed by atoms with van der Waals surface area (Å²) in [6.07, 6.45) is 0.441. The normalized spacial score (nSPS) is 10.1. The first-order chi connectivity index (χ1) is 8.74. The number of benzene rings is 1. The first-order valence-electron chi connectivity index (χ1n) is 5.76. The highest BCUT2D eigenvalue weighted by molar-refractivity contribution is 5.93. The molecule has 0 radical (unpaired) electrons. The number of rotatable bonds is 4. The van der Waals surface area contributed by atoms with Crippen LogP contribution in [-0.4, -0.2) is 23.1 Å². The molecule has 2 aromatic rings. The molecule has 0 aliphatic heterocycles. The lowest BCUT2D eigenvalue weighted by atomic mass is 10.1. The van der Waals surface area contributed by atoms with Crippen LogP contribution in [0, 0.1) is 0 Å². The van der Waals surface area contributed by atoms with E-state index in [9.17, 15) is 4.79 Å². The molecule has 0 fully saturated rings. The fraction of sp³-hybridized carbons (Fsp3) is 0.214. The number of hydrogen-bond acceptors (Lipinski definition) is 4. The van der Waals surface area contributed by atoms with Gasteiger partial charge in [0.2, 0.25) is 0 Å². The van der Waals surface area contributed by atoms with Crippen LogP contribution in [0.15, 0.2) is 36.4 Å². The molecule has 0 aliphatic rings. The van der Waals surface area contributed by atoms with E-state index in [0.717, 1.165) is 17.0 Å². The lowest BCUT2D eigenvalue weighted by Crippen LogP contribution is -2.02. The van der Waals surface area contributed by atoms with Crippen molar-refractivity contribution in [1.82, 2.24) is 10.2 Å². The van der Waals surface area contributed by atoms with Gasteiger partial charge in [-0.25, -0.2) is 0 Å². The molecule has 1 aromatic carbocycles. The summed E-state index contributed by atoms with van der Waals surface area (Å²) < 4.78 is 5.09. The number of aromatic nitrogens is 2. The molecular weight excluding hydrogens is 228 g/mol. The molecule has 0 spiro atoms. The number of ketones is 1. The predicted octanol–water partition coefficient (Wildman–Crippen LogP) is 2.74. The number of Topliss-reactive ketones (excluding diaryl/α,β-unsaturated/α-hetero) is 1. The van der Waals surface area contributed by atoms with Gasteiger partial charge in [0.15, 0.2) is 5.78 Å². The van der Waals surface area contributed by atoms with E-state index in [1.54, 1.807) is 26.2 Å². The topological polar surface area (TPSA) is 52.1 Å². The van der Waals surface area contributed by atoms with E-state index in [1.165, 1.54) is 0 Å². The molecule has 4 heteroatoms. The molecule has 2 rings (SSSR count). The molecule has 0 amide bonds. The van der Waals surface area contributed by atoms with E-state index in [2.05, 4.69) is 10.2 Å². The number of carbonyl (C=O) groups is 1. The third-order valence-corrected chi connectivity index (χ3v) is 2.66. The van der Waals surface area contributed by atoms with Crippen LogP contribution in [0.1, 0.15) is 23.8 Å². The minimum atomic E-state index is 0.00350. The van der Waals surface area contributed by atoms with Gasteiger partial charge in [0.1, 0.15) is 11.4 Å². The summed E-state index contributed by atoms with van der Waals surface area (Å²) in [5, 5.41) is 8.00. The second-order valence-electron chi connectivity index (χ2n) is 3.81. The summed E-state index contributed by atoms with van der Waals surface area (Å²) in [6.45, 7) is 1.81. The Kier molecular flexibility index (Phi) is 3.67. The highest BCUT2D eigenvalue weighted by atomic mass is 16.5. The largest absolute Gasteiger partial charge is 0.497 e. The Morgan fingerprint density at radius 3 is 2.33 bits per heavy atom. The van der Waals surface area contributed by atoms with Crippen molar-refractivity contribution < 1.29 is 9.53 Å². The van der Waals surface area contributed by atoms with Gasteiger partial charge in [-0.1, -0.05) is 6.92 Å². The molecule has 92 valence electrons. The Balaban J connectivity index is 2.25. The maximum Gasteiger partial charge on any atom is 0.182 e. The highest BCUT2D eigenvalue weighted by Gasteiger charge is 2.06. The Labute approximate surface area is 106 Å². The van der Waals surface area contributed by atoms with Crippen LogP contribution in [0.25, 0.3) is 11.3 Å². The Bertz CT molecular complexity index is 533. The number of carbonyl (C=O) groups excluding carboxylic acids is 1. The van der Waals surface area contributed by atoms with Crippen LogP contribution < -0.4 is 4.74 Å². The molecule has 0 saturated heterocycles. The van der Waals surface area contributed by atoms with Crippen molar-refractivity contribution in [3.8, 4) is 17.0 Å². The average Bonchev–Trinajstić information content (AvgIpc) is 2.47. The Morgan fingerprint density at radius 1 is 1.11 bits per heavy atom. The second kappa shape index (κ2) is 5.40. The second-order valence-corrected chi connectivity index (χ2v) is 3.81. The zero-order chi connectivity index (χ0) is 13.0. The number of methoxy groups -OCH3 is 1. The van der Waals surface area contributed by atoms with Gasteiger partial charge in [0.05, 0.1) is 12.8 Å². The quantitative estimate of drug-likeness (QED) is 0.773. The van der Waals surface area contributed by atoms with Crippen LogP contribution in [0.4, 0.5) is 0 Å². The smallest absolute Gasteiger partial charge is 0.182 e. The maximum atomic E-state index is 11.4. The highest BCUT2D eigenvalue weighted by Crippen LogP contribution is 2.20. The van der Waals surface area contributed by atoms with Gasteiger partial charge >= 0.3 is 0 Å². The van der Waals surface area contributed by atoms with E-state index in [-0.39, 0.29) is 5.78 Å². The lowest BCUT2D eigenvalue weighted by Gasteiger charge is -2.03. The first-order valence-corrected chi connectivity index (χ1v) is 5.76. The number of nitrogens with zero attached hydrogens (tertiary/aromatic N) is 2. The average molecular weight is 242 g/mol. The van der Waals surface area contributed by atoms with Gasteiger partial charge in [0.25, 0.3) is 0 Å². The van der Waals surface area contributed by atoms with Gasteiger partial charge in [0, 0.05) is 12.0 Å². The van der Waals surface area contributed by atoms with E-state index < -0.39 is 0 Å². The molecule has 1 aromatic heterocycles. The van der Waals surface area contributed by atoms with Crippen molar-refractivity contribution in [2.75, 3.05) is 7.11 Å². The van der Waals surface area contributed by atoms with E-state index in [4.69, 9.17) is 4.74 Å². The summed E-state index contributed by atoms with van der Waals surface area (Å²) in [5.41, 5.74) is 2.10. The molecule has 0 atom stereocenters. The van der Waals surface area contributed by atoms with Crippen LogP contribution in [0.2, 0.25) is 0 Å². The van der Waals surface area contributed by atoms with Crippen LogP contribution in [0.5, 0.6) is 5.75 Å². The van der Waals surface area contributed by atoms with E-state index in [1.807, 2.05) is 24.3 Å². The molecule has 0 unspecified atom stereocenters. The van der Waals surface area contributed by atoms with Gasteiger partial charge in [-0.2, -0.15) is 0 Å². The number of hydrogen-bond donors (Lipinski definition) is 0. The molecule has 0 N–H and O–H groups in total. The molecule has 0 bridgehead atoms. The first kappa shape index (κ1) is 12.2. The van der Waals surface area contributed by atoms with Gasteiger partial charge in [-0.05, 0) is 36.4 Å². The Hall–Kier alpha value is -2.23. The molecule has 18 heavy (non-hydrogen) atoms. The van der Waals surface area contributed by atoms with Crippen molar-refractivity contribution in [2.24, 2.45) is 0 Å². The summed E-state index contributed by atoms with van der Waals surface area (Å²) in [5.74, 6) is 0.799. The molecule has 0 saturated carbocycles. The summed E-state index contributed by atoms with van der Waals surface area (Å²) in [6, 6.07) is 11.1. The zero-order valence-electron chi connectivity index (χ0n) is 10.4. The SMILES string of the molecule is CCC(=O)c1ccc(-c2ccc(OC)cc2)nn1. The number of ether oxygens (including phenoxy) is 1. The monoisotopic (exact) mass is 242 g/mol. The van der Waals surface area contributed by atoms with Crippen molar-refractivity contribution in [3.05, 3.63) is 42.1 Å². The molecular formula is C14H14N2O2. The van der Waals surface area contributed by atoms with Crippen molar-refractivity contribution >= 4 is 5.78 Å². The van der Waals surface area contributed by atoms with E-state index in [0.29, 0.717) is 12.1 Å². The third-order valence-electron chi connectivity index (χ3n) is 2.66. The van der Waals surface area contributed by atoms with E-state index >= 15 is 0 Å². The predicted molar refractivity (Wildman–Crippen MR) is 68.6 cm³/mol. The molecule has 4 nitrogen and oxygen atoms in total. The summed E-state index contributed by atoms with van der Waals surface area (Å²) in [7, 11) is 1.62. The minimum Gasteiger partial charge on any atom is -0.497 e. The fourth-order valence-electron chi connectivity index (χ4n) is 1.58. The van der Waals surface area contributed by atoms with Gasteiger partial charge < -0.3 is 4.74 Å². The Morgan fingerprint density at radius 2 is 1.83 bits per heavy atom. The lowest BCUT2D eigenvalue weighted by molar-refractivity contribution is 0.0982. The molecule has 1 heterocycles. The summed E-state index contributed by atoms with van der Waals surface area (Å²) >= 11 is 0. The summed E-state index contributed by atoms with van der Waals surface area (Å²) in [4.78, 5) is 11.4. The van der Waals surface area contributed by atoms with Crippen LogP contribution in [0.3, 0.4) is 0 Å². The molecule has 0 aliphatic carbocycles. The van der Waals surface area contributed by atoms with Crippen molar-refractivity contribution in [3.63, 3.8) is 0 Å². The van der Waals surface area contributed by atoms with Crippen LogP contribution >= 0.6 is 0 Å².